The maximum atomic E-state index is 5.00. The van der Waals surface area contributed by atoms with Gasteiger partial charge in [-0.1, -0.05) is 40.0 Å². The molecule has 0 spiro atoms. The highest BCUT2D eigenvalue weighted by Gasteiger charge is 2.38. The predicted octanol–water partition coefficient (Wildman–Crippen LogP) is 4.07. The molecule has 1 saturated heterocycles. The Labute approximate surface area is 173 Å². The number of anilines is 3. The Morgan fingerprint density at radius 3 is 2.76 bits per heavy atom. The zero-order valence-corrected chi connectivity index (χ0v) is 17.6. The van der Waals surface area contributed by atoms with Crippen LogP contribution in [-0.4, -0.2) is 35.6 Å². The summed E-state index contributed by atoms with van der Waals surface area (Å²) < 4.78 is 0. The molecule has 2 aliphatic rings. The molecule has 0 unspecified atom stereocenters. The van der Waals surface area contributed by atoms with Crippen LogP contribution in [0, 0.1) is 5.41 Å². The summed E-state index contributed by atoms with van der Waals surface area (Å²) in [5, 5.41) is 6.78. The van der Waals surface area contributed by atoms with Crippen molar-refractivity contribution >= 4 is 23.0 Å². The molecule has 1 fully saturated rings. The molecular formula is C23H30N6. The summed E-state index contributed by atoms with van der Waals surface area (Å²) in [6.07, 6.45) is 2.86. The van der Waals surface area contributed by atoms with Crippen LogP contribution in [0.1, 0.15) is 32.9 Å². The molecule has 0 saturated carbocycles. The maximum absolute atomic E-state index is 5.00. The van der Waals surface area contributed by atoms with Gasteiger partial charge in [0, 0.05) is 25.8 Å². The monoisotopic (exact) mass is 390 g/mol. The zero-order valence-electron chi connectivity index (χ0n) is 17.6. The third-order valence-electron chi connectivity index (χ3n) is 5.32. The second-order valence-electron chi connectivity index (χ2n) is 8.98. The van der Waals surface area contributed by atoms with Gasteiger partial charge in [0.05, 0.1) is 23.1 Å². The van der Waals surface area contributed by atoms with Crippen molar-refractivity contribution in [3.63, 3.8) is 0 Å². The highest BCUT2D eigenvalue weighted by Crippen LogP contribution is 2.41. The summed E-state index contributed by atoms with van der Waals surface area (Å²) in [5.74, 6) is 2.52. The van der Waals surface area contributed by atoms with Gasteiger partial charge in [-0.15, -0.1) is 0 Å². The first-order valence-corrected chi connectivity index (χ1v) is 10.2. The first-order valence-electron chi connectivity index (χ1n) is 10.2. The van der Waals surface area contributed by atoms with Gasteiger partial charge in [-0.25, -0.2) is 9.97 Å². The molecule has 4 rings (SSSR count). The summed E-state index contributed by atoms with van der Waals surface area (Å²) in [6.45, 7) is 18.0. The highest BCUT2D eigenvalue weighted by molar-refractivity contribution is 5.77. The fourth-order valence-corrected chi connectivity index (χ4v) is 3.83. The summed E-state index contributed by atoms with van der Waals surface area (Å²) in [5.41, 5.74) is 3.04. The van der Waals surface area contributed by atoms with Crippen LogP contribution >= 0.6 is 0 Å². The van der Waals surface area contributed by atoms with E-state index in [0.29, 0.717) is 6.04 Å². The fourth-order valence-electron chi connectivity index (χ4n) is 3.83. The molecule has 0 amide bonds. The Morgan fingerprint density at radius 1 is 1.21 bits per heavy atom. The lowest BCUT2D eigenvalue weighted by Crippen LogP contribution is -2.43. The quantitative estimate of drug-likeness (QED) is 0.776. The lowest BCUT2D eigenvalue weighted by Gasteiger charge is -2.38. The van der Waals surface area contributed by atoms with E-state index in [9.17, 15) is 0 Å². The molecule has 2 aromatic rings. The summed E-state index contributed by atoms with van der Waals surface area (Å²) >= 11 is 0. The smallest absolute Gasteiger partial charge is 0.158 e. The van der Waals surface area contributed by atoms with Crippen molar-refractivity contribution in [1.82, 2.24) is 15.3 Å². The van der Waals surface area contributed by atoms with Gasteiger partial charge >= 0.3 is 0 Å². The normalized spacial score (nSPS) is 17.7. The van der Waals surface area contributed by atoms with Gasteiger partial charge in [-0.3, -0.25) is 0 Å². The number of nitrogens with one attached hydrogen (secondary N) is 2. The predicted molar refractivity (Wildman–Crippen MR) is 121 cm³/mol. The molecule has 2 bridgehead atoms. The van der Waals surface area contributed by atoms with Crippen molar-refractivity contribution in [2.45, 2.75) is 33.2 Å². The standard InChI is InChI=1S/C23H30N6/c1-16(25-15-23(3,4)5)19-9-10-20-22(27-19)29(18-11-13-28(20)14-18)17(2)26-21-8-6-7-12-24-21/h6-10,12,18,25H,1-2,11,13-15H2,3-5H3,(H,24,26)/t18-/m0/s1. The van der Waals surface area contributed by atoms with E-state index in [-0.39, 0.29) is 5.41 Å². The number of nitrogens with zero attached hydrogens (tertiary/aromatic N) is 4. The Balaban J connectivity index is 1.62. The number of rotatable bonds is 6. The summed E-state index contributed by atoms with van der Waals surface area (Å²) in [7, 11) is 0. The molecule has 6 heteroatoms. The van der Waals surface area contributed by atoms with Gasteiger partial charge in [0.25, 0.3) is 0 Å². The van der Waals surface area contributed by atoms with E-state index in [1.807, 2.05) is 18.2 Å². The largest absolute Gasteiger partial charge is 0.383 e. The maximum Gasteiger partial charge on any atom is 0.158 e. The van der Waals surface area contributed by atoms with Gasteiger partial charge in [0.2, 0.25) is 0 Å². The molecule has 0 radical (unpaired) electrons. The SMILES string of the molecule is C=C(NCC(C)(C)C)c1ccc2c(n1)N(C(=C)Nc1ccccn1)[C@H]1CCN2C1. The van der Waals surface area contributed by atoms with E-state index in [2.05, 4.69) is 71.5 Å². The average Bonchev–Trinajstić information content (AvgIpc) is 3.10. The number of fused-ring (bicyclic) bond motifs is 4. The van der Waals surface area contributed by atoms with Crippen molar-refractivity contribution in [3.8, 4) is 0 Å². The molecule has 152 valence electrons. The minimum atomic E-state index is 0.175. The Bertz CT molecular complexity index is 915. The molecule has 0 aromatic carbocycles. The van der Waals surface area contributed by atoms with Crippen LogP contribution in [0.3, 0.4) is 0 Å². The molecule has 2 aromatic heterocycles. The van der Waals surface area contributed by atoms with Gasteiger partial charge in [0.15, 0.2) is 5.82 Å². The van der Waals surface area contributed by atoms with E-state index in [1.54, 1.807) is 6.20 Å². The third kappa shape index (κ3) is 4.06. The molecule has 2 N–H and O–H groups in total. The van der Waals surface area contributed by atoms with E-state index in [0.717, 1.165) is 60.6 Å². The third-order valence-corrected chi connectivity index (χ3v) is 5.32. The Morgan fingerprint density at radius 2 is 2.03 bits per heavy atom. The van der Waals surface area contributed by atoms with Crippen LogP contribution in [0.5, 0.6) is 0 Å². The number of hydrogen-bond acceptors (Lipinski definition) is 6. The second-order valence-corrected chi connectivity index (χ2v) is 8.98. The molecule has 4 heterocycles. The highest BCUT2D eigenvalue weighted by atomic mass is 15.4. The van der Waals surface area contributed by atoms with E-state index < -0.39 is 0 Å². The van der Waals surface area contributed by atoms with Gasteiger partial charge in [-0.05, 0) is 36.1 Å². The van der Waals surface area contributed by atoms with Crippen LogP contribution in [0.4, 0.5) is 17.3 Å². The molecular weight excluding hydrogens is 360 g/mol. The van der Waals surface area contributed by atoms with Crippen molar-refractivity contribution in [1.29, 1.82) is 0 Å². The van der Waals surface area contributed by atoms with Crippen LogP contribution in [0.25, 0.3) is 5.70 Å². The van der Waals surface area contributed by atoms with E-state index in [4.69, 9.17) is 4.98 Å². The molecule has 29 heavy (non-hydrogen) atoms. The minimum Gasteiger partial charge on any atom is -0.383 e. The topological polar surface area (TPSA) is 56.3 Å². The van der Waals surface area contributed by atoms with Gasteiger partial charge in [0.1, 0.15) is 11.6 Å². The first kappa shape index (κ1) is 19.3. The number of hydrogen-bond donors (Lipinski definition) is 2. The molecule has 1 atom stereocenters. The number of pyridine rings is 2. The molecule has 0 aliphatic carbocycles. The second kappa shape index (κ2) is 7.43. The van der Waals surface area contributed by atoms with Crippen molar-refractivity contribution in [2.75, 3.05) is 34.8 Å². The van der Waals surface area contributed by atoms with Crippen molar-refractivity contribution < 1.29 is 0 Å². The van der Waals surface area contributed by atoms with E-state index in [1.165, 1.54) is 0 Å². The summed E-state index contributed by atoms with van der Waals surface area (Å²) in [6, 6.07) is 10.4. The molecule has 2 aliphatic heterocycles. The minimum absolute atomic E-state index is 0.175. The Hall–Kier alpha value is -3.02. The molecule has 6 nitrogen and oxygen atoms in total. The average molecular weight is 391 g/mol. The zero-order chi connectivity index (χ0) is 20.6. The summed E-state index contributed by atoms with van der Waals surface area (Å²) in [4.78, 5) is 14.0. The van der Waals surface area contributed by atoms with Crippen molar-refractivity contribution in [3.05, 3.63) is 61.2 Å². The van der Waals surface area contributed by atoms with Gasteiger partial charge < -0.3 is 20.4 Å². The van der Waals surface area contributed by atoms with E-state index >= 15 is 0 Å². The lowest BCUT2D eigenvalue weighted by molar-refractivity contribution is 0.405. The van der Waals surface area contributed by atoms with Crippen LogP contribution in [0.2, 0.25) is 0 Å². The van der Waals surface area contributed by atoms with Crippen LogP contribution < -0.4 is 20.4 Å². The Kier molecular flexibility index (Phi) is 4.94. The van der Waals surface area contributed by atoms with Crippen molar-refractivity contribution in [2.24, 2.45) is 5.41 Å². The van der Waals surface area contributed by atoms with Gasteiger partial charge in [-0.2, -0.15) is 0 Å². The van der Waals surface area contributed by atoms with Crippen LogP contribution in [-0.2, 0) is 0 Å². The number of aromatic nitrogens is 2. The lowest BCUT2D eigenvalue weighted by atomic mass is 9.97. The fraction of sp³-hybridized carbons (Fsp3) is 0.391. The van der Waals surface area contributed by atoms with Crippen LogP contribution in [0.15, 0.2) is 55.5 Å². The first-order chi connectivity index (χ1) is 13.8.